The minimum Gasteiger partial charge on any atom is -0.481 e. The van der Waals surface area contributed by atoms with Gasteiger partial charge in [-0.25, -0.2) is 0 Å². The van der Waals surface area contributed by atoms with E-state index in [0.29, 0.717) is 6.04 Å². The SMILES string of the molecule is CCC1Nc2cc(C)ccc2OC1c1ccccc1. The smallest absolute Gasteiger partial charge is 0.144 e. The standard InChI is InChI=1S/C17H19NO/c1-3-14-17(13-7-5-4-6-8-13)19-16-10-9-12(2)11-15(16)18-14/h4-11,14,17-18H,3H2,1-2H3. The number of aryl methyl sites for hydroxylation is 1. The van der Waals surface area contributed by atoms with Crippen LogP contribution < -0.4 is 10.1 Å². The van der Waals surface area contributed by atoms with Crippen molar-refractivity contribution in [3.63, 3.8) is 0 Å². The minimum atomic E-state index is 0.0846. The highest BCUT2D eigenvalue weighted by Crippen LogP contribution is 2.38. The van der Waals surface area contributed by atoms with Crippen LogP contribution in [0.25, 0.3) is 0 Å². The summed E-state index contributed by atoms with van der Waals surface area (Å²) in [5.41, 5.74) is 3.59. The molecule has 0 aliphatic carbocycles. The van der Waals surface area contributed by atoms with Gasteiger partial charge in [0.05, 0.1) is 11.7 Å². The summed E-state index contributed by atoms with van der Waals surface area (Å²) in [7, 11) is 0. The van der Waals surface area contributed by atoms with Crippen molar-refractivity contribution >= 4 is 5.69 Å². The highest BCUT2D eigenvalue weighted by Gasteiger charge is 2.29. The average Bonchev–Trinajstić information content (AvgIpc) is 2.46. The van der Waals surface area contributed by atoms with Gasteiger partial charge < -0.3 is 10.1 Å². The molecule has 0 spiro atoms. The zero-order valence-corrected chi connectivity index (χ0v) is 11.4. The molecule has 1 heterocycles. The lowest BCUT2D eigenvalue weighted by molar-refractivity contribution is 0.168. The van der Waals surface area contributed by atoms with Crippen LogP contribution in [0.2, 0.25) is 0 Å². The van der Waals surface area contributed by atoms with Gasteiger partial charge in [0.2, 0.25) is 0 Å². The third kappa shape index (κ3) is 2.30. The summed E-state index contributed by atoms with van der Waals surface area (Å²) in [5, 5.41) is 3.61. The zero-order chi connectivity index (χ0) is 13.2. The summed E-state index contributed by atoms with van der Waals surface area (Å²) in [5.74, 6) is 0.948. The predicted octanol–water partition coefficient (Wildman–Crippen LogP) is 4.32. The second kappa shape index (κ2) is 4.96. The van der Waals surface area contributed by atoms with Gasteiger partial charge in [0, 0.05) is 0 Å². The van der Waals surface area contributed by atoms with E-state index in [4.69, 9.17) is 4.74 Å². The molecule has 2 nitrogen and oxygen atoms in total. The molecule has 0 saturated heterocycles. The van der Waals surface area contributed by atoms with Crippen molar-refractivity contribution in [3.05, 3.63) is 59.7 Å². The Labute approximate surface area is 114 Å². The van der Waals surface area contributed by atoms with Crippen LogP contribution in [-0.4, -0.2) is 6.04 Å². The highest BCUT2D eigenvalue weighted by atomic mass is 16.5. The van der Waals surface area contributed by atoms with Gasteiger partial charge in [0.15, 0.2) is 0 Å². The fraction of sp³-hybridized carbons (Fsp3) is 0.294. The Morgan fingerprint density at radius 3 is 2.63 bits per heavy atom. The molecule has 3 rings (SSSR count). The number of anilines is 1. The summed E-state index contributed by atoms with van der Waals surface area (Å²) in [6.45, 7) is 4.30. The minimum absolute atomic E-state index is 0.0846. The predicted molar refractivity (Wildman–Crippen MR) is 78.7 cm³/mol. The highest BCUT2D eigenvalue weighted by molar-refractivity contribution is 5.60. The van der Waals surface area contributed by atoms with E-state index >= 15 is 0 Å². The molecular weight excluding hydrogens is 234 g/mol. The van der Waals surface area contributed by atoms with E-state index < -0.39 is 0 Å². The third-order valence-electron chi connectivity index (χ3n) is 3.66. The monoisotopic (exact) mass is 253 g/mol. The molecule has 19 heavy (non-hydrogen) atoms. The van der Waals surface area contributed by atoms with Crippen molar-refractivity contribution in [2.24, 2.45) is 0 Å². The first-order valence-corrected chi connectivity index (χ1v) is 6.86. The van der Waals surface area contributed by atoms with Crippen molar-refractivity contribution in [3.8, 4) is 5.75 Å². The number of hydrogen-bond donors (Lipinski definition) is 1. The van der Waals surface area contributed by atoms with Crippen LogP contribution in [0.4, 0.5) is 5.69 Å². The maximum Gasteiger partial charge on any atom is 0.144 e. The van der Waals surface area contributed by atoms with Gasteiger partial charge in [-0.2, -0.15) is 0 Å². The van der Waals surface area contributed by atoms with Crippen LogP contribution in [0.1, 0.15) is 30.6 Å². The van der Waals surface area contributed by atoms with Gasteiger partial charge in [-0.05, 0) is 36.6 Å². The van der Waals surface area contributed by atoms with E-state index in [1.165, 1.54) is 11.1 Å². The van der Waals surface area contributed by atoms with Crippen LogP contribution in [-0.2, 0) is 0 Å². The van der Waals surface area contributed by atoms with E-state index in [0.717, 1.165) is 17.9 Å². The molecule has 2 unspecified atom stereocenters. The number of benzene rings is 2. The summed E-state index contributed by atoms with van der Waals surface area (Å²) >= 11 is 0. The topological polar surface area (TPSA) is 21.3 Å². The van der Waals surface area contributed by atoms with Crippen molar-refractivity contribution in [2.75, 3.05) is 5.32 Å². The van der Waals surface area contributed by atoms with Crippen LogP contribution >= 0.6 is 0 Å². The van der Waals surface area contributed by atoms with E-state index in [-0.39, 0.29) is 6.10 Å². The molecule has 0 saturated carbocycles. The number of fused-ring (bicyclic) bond motifs is 1. The number of nitrogens with one attached hydrogen (secondary N) is 1. The Kier molecular flexibility index (Phi) is 3.16. The van der Waals surface area contributed by atoms with E-state index in [9.17, 15) is 0 Å². The van der Waals surface area contributed by atoms with Crippen molar-refractivity contribution < 1.29 is 4.74 Å². The second-order valence-corrected chi connectivity index (χ2v) is 5.11. The van der Waals surface area contributed by atoms with Gasteiger partial charge in [-0.15, -0.1) is 0 Å². The molecule has 0 fully saturated rings. The molecule has 2 aromatic carbocycles. The molecule has 2 heteroatoms. The number of hydrogen-bond acceptors (Lipinski definition) is 2. The molecule has 0 amide bonds. The molecule has 1 aliphatic heterocycles. The lowest BCUT2D eigenvalue weighted by Crippen LogP contribution is -2.34. The van der Waals surface area contributed by atoms with Crippen molar-refractivity contribution in [1.29, 1.82) is 0 Å². The maximum absolute atomic E-state index is 6.21. The van der Waals surface area contributed by atoms with E-state index in [1.54, 1.807) is 0 Å². The Morgan fingerprint density at radius 1 is 1.11 bits per heavy atom. The molecule has 0 radical (unpaired) electrons. The molecule has 0 aromatic heterocycles. The van der Waals surface area contributed by atoms with Gasteiger partial charge in [0.25, 0.3) is 0 Å². The molecular formula is C17H19NO. The van der Waals surface area contributed by atoms with Gasteiger partial charge in [-0.1, -0.05) is 43.3 Å². The summed E-state index contributed by atoms with van der Waals surface area (Å²) < 4.78 is 6.21. The summed E-state index contributed by atoms with van der Waals surface area (Å²) in [6.07, 6.45) is 1.12. The Morgan fingerprint density at radius 2 is 1.89 bits per heavy atom. The molecule has 2 atom stereocenters. The molecule has 2 aromatic rings. The average molecular weight is 253 g/mol. The Bertz CT molecular complexity index is 565. The molecule has 98 valence electrons. The van der Waals surface area contributed by atoms with Crippen molar-refractivity contribution in [1.82, 2.24) is 0 Å². The lowest BCUT2D eigenvalue weighted by atomic mass is 9.97. The Balaban J connectivity index is 1.96. The van der Waals surface area contributed by atoms with Crippen LogP contribution in [0.3, 0.4) is 0 Å². The molecule has 0 bridgehead atoms. The maximum atomic E-state index is 6.21. The second-order valence-electron chi connectivity index (χ2n) is 5.11. The lowest BCUT2D eigenvalue weighted by Gasteiger charge is -2.35. The van der Waals surface area contributed by atoms with E-state index in [2.05, 4.69) is 61.6 Å². The fourth-order valence-electron chi connectivity index (χ4n) is 2.61. The van der Waals surface area contributed by atoms with Crippen LogP contribution in [0.15, 0.2) is 48.5 Å². The van der Waals surface area contributed by atoms with Crippen LogP contribution in [0, 0.1) is 6.92 Å². The van der Waals surface area contributed by atoms with Crippen LogP contribution in [0.5, 0.6) is 5.75 Å². The van der Waals surface area contributed by atoms with Gasteiger partial charge in [-0.3, -0.25) is 0 Å². The van der Waals surface area contributed by atoms with Gasteiger partial charge >= 0.3 is 0 Å². The van der Waals surface area contributed by atoms with Gasteiger partial charge in [0.1, 0.15) is 11.9 Å². The molecule has 1 aliphatic rings. The first kappa shape index (κ1) is 12.1. The normalized spacial score (nSPS) is 21.2. The summed E-state index contributed by atoms with van der Waals surface area (Å²) in [6, 6.07) is 17.1. The quantitative estimate of drug-likeness (QED) is 0.860. The zero-order valence-electron chi connectivity index (χ0n) is 11.4. The van der Waals surface area contributed by atoms with E-state index in [1.807, 2.05) is 6.07 Å². The number of rotatable bonds is 2. The first-order chi connectivity index (χ1) is 9.28. The summed E-state index contributed by atoms with van der Waals surface area (Å²) in [4.78, 5) is 0. The first-order valence-electron chi connectivity index (χ1n) is 6.86. The van der Waals surface area contributed by atoms with Crippen molar-refractivity contribution in [2.45, 2.75) is 32.4 Å². The largest absolute Gasteiger partial charge is 0.481 e. The third-order valence-corrected chi connectivity index (χ3v) is 3.66. The Hall–Kier alpha value is -1.96. The molecule has 1 N–H and O–H groups in total. The fourth-order valence-corrected chi connectivity index (χ4v) is 2.61. The number of ether oxygens (including phenoxy) is 1.